The maximum absolute atomic E-state index is 12.4. The molecule has 0 fully saturated rings. The first kappa shape index (κ1) is 19.1. The van der Waals surface area contributed by atoms with Crippen LogP contribution in [0.15, 0.2) is 53.5 Å². The maximum atomic E-state index is 12.4. The third kappa shape index (κ3) is 3.98. The molecular formula is C21H17N3O3S2. The molecule has 0 aliphatic carbocycles. The van der Waals surface area contributed by atoms with Crippen molar-refractivity contribution in [3.63, 3.8) is 0 Å². The van der Waals surface area contributed by atoms with Gasteiger partial charge in [-0.15, -0.1) is 11.3 Å². The summed E-state index contributed by atoms with van der Waals surface area (Å²) in [5.74, 6) is 0.386. The van der Waals surface area contributed by atoms with Gasteiger partial charge in [0.25, 0.3) is 0 Å². The number of carbonyl (C=O) groups excluding carboxylic acids is 1. The predicted octanol–water partition coefficient (Wildman–Crippen LogP) is 4.89. The minimum atomic E-state index is -0.286. The number of carbonyl (C=O) groups is 1. The Morgan fingerprint density at radius 2 is 2.03 bits per heavy atom. The lowest BCUT2D eigenvalue weighted by atomic mass is 10.1. The van der Waals surface area contributed by atoms with E-state index in [0.29, 0.717) is 20.3 Å². The van der Waals surface area contributed by atoms with Gasteiger partial charge in [0.15, 0.2) is 3.95 Å². The zero-order chi connectivity index (χ0) is 20.4. The van der Waals surface area contributed by atoms with Gasteiger partial charge in [-0.3, -0.25) is 14.4 Å². The summed E-state index contributed by atoms with van der Waals surface area (Å²) in [4.78, 5) is 17.4. The van der Waals surface area contributed by atoms with E-state index < -0.39 is 0 Å². The molecule has 1 aliphatic heterocycles. The van der Waals surface area contributed by atoms with E-state index in [4.69, 9.17) is 17.0 Å². The fourth-order valence-corrected chi connectivity index (χ4v) is 4.22. The summed E-state index contributed by atoms with van der Waals surface area (Å²) in [5, 5.41) is 13.4. The second-order valence-corrected chi connectivity index (χ2v) is 7.97. The molecule has 0 unspecified atom stereocenters. The summed E-state index contributed by atoms with van der Waals surface area (Å²) >= 11 is 6.61. The molecule has 0 bridgehead atoms. The minimum Gasteiger partial charge on any atom is -0.497 e. The smallest absolute Gasteiger partial charge is 0.244 e. The van der Waals surface area contributed by atoms with Gasteiger partial charge in [0.2, 0.25) is 11.8 Å². The highest BCUT2D eigenvalue weighted by molar-refractivity contribution is 7.73. The quantitative estimate of drug-likeness (QED) is 0.573. The van der Waals surface area contributed by atoms with Gasteiger partial charge in [-0.1, -0.05) is 18.2 Å². The summed E-state index contributed by atoms with van der Waals surface area (Å²) in [6.07, 6.45) is 3.59. The summed E-state index contributed by atoms with van der Waals surface area (Å²) in [7, 11) is 1.58. The normalized spacial score (nSPS) is 13.5. The van der Waals surface area contributed by atoms with E-state index in [1.54, 1.807) is 37.6 Å². The number of amides is 1. The monoisotopic (exact) mass is 423 g/mol. The number of anilines is 1. The Bertz CT molecular complexity index is 1190. The van der Waals surface area contributed by atoms with Crippen molar-refractivity contribution in [3.8, 4) is 11.6 Å². The second kappa shape index (κ2) is 8.02. The number of thiazole rings is 1. The molecule has 0 atom stereocenters. The maximum Gasteiger partial charge on any atom is 0.244 e. The number of nitrogens with zero attached hydrogens (tertiary/aromatic N) is 2. The fraction of sp³-hybridized carbons (Fsp3) is 0.0952. The molecule has 0 spiro atoms. The molecule has 6 nitrogen and oxygen atoms in total. The first-order valence-corrected chi connectivity index (χ1v) is 9.99. The Morgan fingerprint density at radius 3 is 2.79 bits per heavy atom. The van der Waals surface area contributed by atoms with Gasteiger partial charge in [-0.2, -0.15) is 0 Å². The van der Waals surface area contributed by atoms with Gasteiger partial charge >= 0.3 is 0 Å². The standard InChI is InChI=1S/C21H17N3O3S2/c1-27-15-8-6-14(7-9-15)23-19(25)12-24-20(26)18(29-21(24)28)10-13-11-22-17-5-3-2-4-16(13)17/h2-11,26H,12H2,1H3,(H,23,25)/b13-10-. The number of rotatable bonds is 5. The highest BCUT2D eigenvalue weighted by Crippen LogP contribution is 2.35. The zero-order valence-corrected chi connectivity index (χ0v) is 17.1. The van der Waals surface area contributed by atoms with Gasteiger partial charge in [-0.05, 0) is 48.6 Å². The van der Waals surface area contributed by atoms with E-state index in [2.05, 4.69) is 10.3 Å². The molecule has 2 aromatic carbocycles. The van der Waals surface area contributed by atoms with Crippen LogP contribution in [0.4, 0.5) is 11.4 Å². The zero-order valence-electron chi connectivity index (χ0n) is 15.5. The van der Waals surface area contributed by atoms with Crippen molar-refractivity contribution in [2.75, 3.05) is 12.4 Å². The van der Waals surface area contributed by atoms with Gasteiger partial charge in [-0.25, -0.2) is 0 Å². The summed E-state index contributed by atoms with van der Waals surface area (Å²) < 4.78 is 6.94. The molecule has 1 aromatic heterocycles. The Kier molecular flexibility index (Phi) is 5.28. The highest BCUT2D eigenvalue weighted by Gasteiger charge is 2.16. The molecule has 146 valence electrons. The Hall–Kier alpha value is -3.23. The molecule has 0 saturated heterocycles. The Morgan fingerprint density at radius 1 is 1.28 bits per heavy atom. The lowest BCUT2D eigenvalue weighted by molar-refractivity contribution is -0.116. The van der Waals surface area contributed by atoms with Crippen LogP contribution in [-0.2, 0) is 11.3 Å². The third-order valence-corrected chi connectivity index (χ3v) is 5.80. The second-order valence-electron chi connectivity index (χ2n) is 6.29. The number of nitrogens with one attached hydrogen (secondary N) is 1. The first-order chi connectivity index (χ1) is 14.0. The molecule has 1 aliphatic rings. The molecule has 8 heteroatoms. The number of para-hydroxylation sites is 1. The van der Waals surface area contributed by atoms with Crippen molar-refractivity contribution in [2.24, 2.45) is 4.99 Å². The van der Waals surface area contributed by atoms with Crippen LogP contribution in [0.5, 0.6) is 11.6 Å². The average Bonchev–Trinajstić information content (AvgIpc) is 3.25. The Labute approximate surface area is 176 Å². The Balaban J connectivity index is 1.53. The lowest BCUT2D eigenvalue weighted by Gasteiger charge is -2.08. The molecule has 3 aromatic rings. The first-order valence-electron chi connectivity index (χ1n) is 8.77. The molecule has 2 heterocycles. The predicted molar refractivity (Wildman–Crippen MR) is 119 cm³/mol. The van der Waals surface area contributed by atoms with Crippen molar-refractivity contribution >= 4 is 58.7 Å². The molecule has 0 saturated carbocycles. The number of aliphatic imine (C=N–C) groups is 1. The highest BCUT2D eigenvalue weighted by atomic mass is 32.1. The van der Waals surface area contributed by atoms with Gasteiger partial charge in [0.05, 0.1) is 17.7 Å². The van der Waals surface area contributed by atoms with Crippen LogP contribution < -0.4 is 10.1 Å². The number of hydrogen-bond acceptors (Lipinski definition) is 6. The van der Waals surface area contributed by atoms with Crippen LogP contribution in [0.2, 0.25) is 0 Å². The molecule has 1 amide bonds. The van der Waals surface area contributed by atoms with Crippen LogP contribution in [-0.4, -0.2) is 28.9 Å². The van der Waals surface area contributed by atoms with Gasteiger partial charge < -0.3 is 15.2 Å². The summed E-state index contributed by atoms with van der Waals surface area (Å²) in [6, 6.07) is 14.8. The average molecular weight is 424 g/mol. The van der Waals surface area contributed by atoms with Crippen molar-refractivity contribution in [1.29, 1.82) is 0 Å². The van der Waals surface area contributed by atoms with E-state index in [9.17, 15) is 9.90 Å². The van der Waals surface area contributed by atoms with Crippen LogP contribution in [0.25, 0.3) is 11.6 Å². The number of methoxy groups -OCH3 is 1. The number of ether oxygens (including phenoxy) is 1. The minimum absolute atomic E-state index is 0.0323. The number of benzene rings is 2. The fourth-order valence-electron chi connectivity index (χ4n) is 2.96. The number of aromatic hydroxyl groups is 1. The summed E-state index contributed by atoms with van der Waals surface area (Å²) in [5.41, 5.74) is 3.41. The topological polar surface area (TPSA) is 75.8 Å². The van der Waals surface area contributed by atoms with E-state index >= 15 is 0 Å². The third-order valence-electron chi connectivity index (χ3n) is 4.41. The van der Waals surface area contributed by atoms with E-state index in [-0.39, 0.29) is 18.3 Å². The van der Waals surface area contributed by atoms with Crippen molar-refractivity contribution < 1.29 is 14.6 Å². The van der Waals surface area contributed by atoms with Crippen molar-refractivity contribution in [1.82, 2.24) is 4.57 Å². The number of hydrogen-bond donors (Lipinski definition) is 2. The SMILES string of the molecule is COc1ccc(NC(=O)Cn2c(O)c(/C=C3/C=Nc4ccccc43)sc2=S)cc1. The van der Waals surface area contributed by atoms with E-state index in [1.165, 1.54) is 15.9 Å². The number of aromatic nitrogens is 1. The largest absolute Gasteiger partial charge is 0.497 e. The summed E-state index contributed by atoms with van der Waals surface area (Å²) in [6.45, 7) is -0.0823. The van der Waals surface area contributed by atoms with Crippen molar-refractivity contribution in [2.45, 2.75) is 6.54 Å². The van der Waals surface area contributed by atoms with Crippen LogP contribution in [0.3, 0.4) is 0 Å². The van der Waals surface area contributed by atoms with E-state index in [1.807, 2.05) is 30.3 Å². The molecule has 4 rings (SSSR count). The number of fused-ring (bicyclic) bond motifs is 1. The molecule has 2 N–H and O–H groups in total. The van der Waals surface area contributed by atoms with Crippen molar-refractivity contribution in [3.05, 3.63) is 62.9 Å². The van der Waals surface area contributed by atoms with Gasteiger partial charge in [0.1, 0.15) is 12.3 Å². The molecular weight excluding hydrogens is 406 g/mol. The number of allylic oxidation sites excluding steroid dienone is 1. The van der Waals surface area contributed by atoms with Crippen LogP contribution in [0, 0.1) is 3.95 Å². The molecule has 29 heavy (non-hydrogen) atoms. The van der Waals surface area contributed by atoms with Gasteiger partial charge in [0, 0.05) is 23.0 Å². The van der Waals surface area contributed by atoms with E-state index in [0.717, 1.165) is 16.8 Å². The van der Waals surface area contributed by atoms with Crippen LogP contribution in [0.1, 0.15) is 10.4 Å². The molecule has 0 radical (unpaired) electrons. The van der Waals surface area contributed by atoms with Crippen LogP contribution >= 0.6 is 23.6 Å². The lowest BCUT2D eigenvalue weighted by Crippen LogP contribution is -2.18.